The van der Waals surface area contributed by atoms with Gasteiger partial charge in [0.05, 0.1) is 0 Å². The van der Waals surface area contributed by atoms with Gasteiger partial charge >= 0.3 is 36.3 Å². The highest BCUT2D eigenvalue weighted by Gasteiger charge is 2.77. The van der Waals surface area contributed by atoms with Crippen molar-refractivity contribution in [1.82, 2.24) is 0 Å². The van der Waals surface area contributed by atoms with E-state index in [0.717, 1.165) is 31.9 Å². The molecule has 0 aromatic carbocycles. The van der Waals surface area contributed by atoms with Gasteiger partial charge in [0.15, 0.2) is 0 Å². The van der Waals surface area contributed by atoms with E-state index < -0.39 is 45.7 Å². The van der Waals surface area contributed by atoms with Crippen molar-refractivity contribution in [3.05, 3.63) is 0 Å². The Hall–Kier alpha value is -0.620. The Balaban J connectivity index is 6.44. The molecule has 2 atom stereocenters. The molecular weight excluding hydrogens is 548 g/mol. The summed E-state index contributed by atoms with van der Waals surface area (Å²) < 4.78 is 150. The zero-order chi connectivity index (χ0) is 21.6. The Kier molecular flexibility index (Phi) is 6.91. The summed E-state index contributed by atoms with van der Waals surface area (Å²) in [4.78, 5) is 21.1. The summed E-state index contributed by atoms with van der Waals surface area (Å²) in [6.07, 6.45) is -20.8. The first kappa shape index (κ1) is 25.4. The Bertz CT molecular complexity index is 531. The van der Waals surface area contributed by atoms with Crippen LogP contribution in [0.1, 0.15) is 0 Å². The lowest BCUT2D eigenvalue weighted by molar-refractivity contribution is -0.525. The average Bonchev–Trinajstić information content (AvgIpc) is 2.33. The van der Waals surface area contributed by atoms with E-state index in [1.165, 1.54) is 0 Å². The van der Waals surface area contributed by atoms with E-state index in [-0.39, 0.29) is 0 Å². The molecule has 18 heteroatoms. The molecule has 0 rings (SSSR count). The van der Waals surface area contributed by atoms with Crippen molar-refractivity contribution in [2.45, 2.75) is 36.3 Å². The van der Waals surface area contributed by atoms with Gasteiger partial charge in [-0.05, 0) is 31.9 Å². The molecule has 0 spiro atoms. The molecular formula is C8Br2F12O4. The second-order valence-electron chi connectivity index (χ2n) is 3.97. The fraction of sp³-hybridized carbons (Fsp3) is 0.750. The first-order chi connectivity index (χ1) is 11.1. The van der Waals surface area contributed by atoms with Gasteiger partial charge in [-0.3, -0.25) is 19.1 Å². The molecule has 0 aromatic rings. The summed E-state index contributed by atoms with van der Waals surface area (Å²) >= 11 is 2.32. The fourth-order valence-corrected chi connectivity index (χ4v) is 1.53. The molecule has 0 saturated heterocycles. The monoisotopic (exact) mass is 546 g/mol. The highest BCUT2D eigenvalue weighted by Crippen LogP contribution is 2.50. The summed E-state index contributed by atoms with van der Waals surface area (Å²) in [6, 6.07) is -6.91. The number of hydrogen-bond donors (Lipinski definition) is 0. The maximum absolute atomic E-state index is 13.7. The standard InChI is InChI=1S/C8Br2F12O4/c9-1(23)3(11,5(13,14)15)25-8(22,7(19,20)21)26-4(12,2(10)24)6(16,17)18. The third-order valence-corrected chi connectivity index (χ3v) is 3.14. The molecule has 2 unspecified atom stereocenters. The number of halogens is 14. The van der Waals surface area contributed by atoms with E-state index >= 15 is 0 Å². The minimum Gasteiger partial charge on any atom is -0.280 e. The van der Waals surface area contributed by atoms with Gasteiger partial charge in [-0.2, -0.15) is 52.7 Å². The predicted octanol–water partition coefficient (Wildman–Crippen LogP) is 4.50. The molecule has 0 amide bonds. The SMILES string of the molecule is O=C(Br)C(F)(OC(F)(OC(F)(C(=O)Br)C(F)(F)F)C(F)(F)F)C(F)(F)F. The molecule has 26 heavy (non-hydrogen) atoms. The second kappa shape index (κ2) is 7.08. The van der Waals surface area contributed by atoms with Crippen LogP contribution >= 0.6 is 31.9 Å². The number of alkyl halides is 12. The van der Waals surface area contributed by atoms with E-state index in [9.17, 15) is 62.3 Å². The van der Waals surface area contributed by atoms with Crippen LogP contribution in [-0.4, -0.2) is 45.7 Å². The van der Waals surface area contributed by atoms with Gasteiger partial charge in [0.25, 0.3) is 9.39 Å². The Morgan fingerprint density at radius 1 is 0.538 bits per heavy atom. The van der Waals surface area contributed by atoms with E-state index in [2.05, 4.69) is 9.47 Å². The van der Waals surface area contributed by atoms with Crippen LogP contribution in [0.5, 0.6) is 0 Å². The molecule has 0 aliphatic heterocycles. The van der Waals surface area contributed by atoms with Crippen molar-refractivity contribution < 1.29 is 71.7 Å². The van der Waals surface area contributed by atoms with Gasteiger partial charge < -0.3 is 0 Å². The van der Waals surface area contributed by atoms with Gasteiger partial charge in [0, 0.05) is 0 Å². The van der Waals surface area contributed by atoms with Crippen LogP contribution < -0.4 is 0 Å². The lowest BCUT2D eigenvalue weighted by Gasteiger charge is -2.37. The molecule has 0 aromatic heterocycles. The molecule has 0 bridgehead atoms. The maximum Gasteiger partial charge on any atom is 0.478 e. The molecule has 4 nitrogen and oxygen atoms in total. The minimum atomic E-state index is -7.16. The maximum atomic E-state index is 13.7. The molecule has 0 radical (unpaired) electrons. The van der Waals surface area contributed by atoms with Crippen LogP contribution in [0.3, 0.4) is 0 Å². The number of rotatable bonds is 6. The Morgan fingerprint density at radius 2 is 0.769 bits per heavy atom. The summed E-state index contributed by atoms with van der Waals surface area (Å²) in [6.45, 7) is 0. The molecule has 0 aliphatic carbocycles. The number of ether oxygens (including phenoxy) is 2. The van der Waals surface area contributed by atoms with Crippen molar-refractivity contribution in [3.8, 4) is 0 Å². The van der Waals surface area contributed by atoms with Crippen molar-refractivity contribution in [3.63, 3.8) is 0 Å². The van der Waals surface area contributed by atoms with Crippen molar-refractivity contribution >= 4 is 41.2 Å². The lowest BCUT2D eigenvalue weighted by Crippen LogP contribution is -2.63. The van der Waals surface area contributed by atoms with Crippen molar-refractivity contribution in [2.75, 3.05) is 0 Å². The van der Waals surface area contributed by atoms with Gasteiger partial charge in [0.2, 0.25) is 0 Å². The van der Waals surface area contributed by atoms with Crippen LogP contribution in [0.2, 0.25) is 0 Å². The molecule has 0 fully saturated rings. The molecule has 0 saturated carbocycles. The lowest BCUT2D eigenvalue weighted by atomic mass is 10.3. The third kappa shape index (κ3) is 4.61. The van der Waals surface area contributed by atoms with Gasteiger partial charge in [-0.25, -0.2) is 0 Å². The largest absolute Gasteiger partial charge is 0.478 e. The van der Waals surface area contributed by atoms with E-state index in [1.54, 1.807) is 0 Å². The van der Waals surface area contributed by atoms with Crippen LogP contribution in [0, 0.1) is 0 Å². The zero-order valence-corrected chi connectivity index (χ0v) is 14.1. The number of hydrogen-bond acceptors (Lipinski definition) is 4. The quantitative estimate of drug-likeness (QED) is 0.279. The van der Waals surface area contributed by atoms with Crippen molar-refractivity contribution in [1.29, 1.82) is 0 Å². The van der Waals surface area contributed by atoms with Crippen molar-refractivity contribution in [2.24, 2.45) is 0 Å². The summed E-state index contributed by atoms with van der Waals surface area (Å²) in [5.74, 6) is -12.6. The highest BCUT2D eigenvalue weighted by molar-refractivity contribution is 9.18. The number of carbonyl (C=O) groups excluding carboxylic acids is 2. The Labute approximate surface area is 150 Å². The van der Waals surface area contributed by atoms with E-state index in [4.69, 9.17) is 0 Å². The first-order valence-electron chi connectivity index (χ1n) is 5.12. The molecule has 154 valence electrons. The Morgan fingerprint density at radius 3 is 0.885 bits per heavy atom. The molecule has 0 heterocycles. The molecule has 0 N–H and O–H groups in total. The predicted molar refractivity (Wildman–Crippen MR) is 59.7 cm³/mol. The third-order valence-electron chi connectivity index (χ3n) is 2.12. The normalized spacial score (nSPS) is 20.7. The summed E-state index contributed by atoms with van der Waals surface area (Å²) in [5, 5.41) is 0. The van der Waals surface area contributed by atoms with Crippen LogP contribution in [0.25, 0.3) is 0 Å². The minimum absolute atomic E-state index is 1.16. The zero-order valence-electron chi connectivity index (χ0n) is 10.9. The average molecular weight is 548 g/mol. The van der Waals surface area contributed by atoms with Gasteiger partial charge in [0.1, 0.15) is 0 Å². The summed E-state index contributed by atoms with van der Waals surface area (Å²) in [5.41, 5.74) is 0. The van der Waals surface area contributed by atoms with Crippen LogP contribution in [0.15, 0.2) is 0 Å². The van der Waals surface area contributed by atoms with E-state index in [1.807, 2.05) is 0 Å². The number of carbonyl (C=O) groups is 2. The van der Waals surface area contributed by atoms with Gasteiger partial charge in [-0.1, -0.05) is 0 Å². The van der Waals surface area contributed by atoms with E-state index in [0.29, 0.717) is 0 Å². The van der Waals surface area contributed by atoms with Crippen LogP contribution in [0.4, 0.5) is 52.7 Å². The van der Waals surface area contributed by atoms with Gasteiger partial charge in [-0.15, -0.1) is 0 Å². The summed E-state index contributed by atoms with van der Waals surface area (Å²) in [7, 11) is 0. The fourth-order valence-electron chi connectivity index (χ4n) is 0.917. The highest BCUT2D eigenvalue weighted by atomic mass is 79.9. The smallest absolute Gasteiger partial charge is 0.280 e. The first-order valence-corrected chi connectivity index (χ1v) is 6.71. The van der Waals surface area contributed by atoms with Crippen LogP contribution in [-0.2, 0) is 19.1 Å². The topological polar surface area (TPSA) is 52.6 Å². The molecule has 0 aliphatic rings. The second-order valence-corrected chi connectivity index (χ2v) is 5.41.